The molecule has 5 heteroatoms. The van der Waals surface area contributed by atoms with Crippen molar-refractivity contribution in [3.63, 3.8) is 0 Å². The molecule has 0 spiro atoms. The van der Waals surface area contributed by atoms with Gasteiger partial charge in [0.05, 0.1) is 0 Å². The molecule has 1 heterocycles. The fourth-order valence-electron chi connectivity index (χ4n) is 2.24. The Morgan fingerprint density at radius 1 is 1.50 bits per heavy atom. The van der Waals surface area contributed by atoms with Gasteiger partial charge in [-0.15, -0.1) is 0 Å². The van der Waals surface area contributed by atoms with Gasteiger partial charge in [-0.2, -0.15) is 11.8 Å². The Bertz CT molecular complexity index is 322. The van der Waals surface area contributed by atoms with E-state index in [9.17, 15) is 9.59 Å². The van der Waals surface area contributed by atoms with E-state index < -0.39 is 5.54 Å². The van der Waals surface area contributed by atoms with Crippen LogP contribution < -0.4 is 5.32 Å². The van der Waals surface area contributed by atoms with Gasteiger partial charge >= 0.3 is 0 Å². The van der Waals surface area contributed by atoms with E-state index >= 15 is 0 Å². The van der Waals surface area contributed by atoms with Gasteiger partial charge in [-0.25, -0.2) is 0 Å². The van der Waals surface area contributed by atoms with Gasteiger partial charge in [0.1, 0.15) is 5.54 Å². The first-order valence-corrected chi connectivity index (χ1v) is 7.91. The molecule has 1 aliphatic heterocycles. The molecule has 0 aliphatic carbocycles. The minimum atomic E-state index is -0.730. The molecule has 0 aromatic rings. The number of carbonyl (C=O) groups excluding carboxylic acids is 2. The van der Waals surface area contributed by atoms with Crippen LogP contribution in [0.15, 0.2) is 0 Å². The van der Waals surface area contributed by atoms with Crippen molar-refractivity contribution in [1.29, 1.82) is 0 Å². The second kappa shape index (κ2) is 6.45. The third kappa shape index (κ3) is 3.64. The number of hydrogen-bond acceptors (Lipinski definition) is 3. The molecular weight excluding hydrogens is 248 g/mol. The van der Waals surface area contributed by atoms with Gasteiger partial charge in [-0.05, 0) is 31.3 Å². The van der Waals surface area contributed by atoms with Crippen LogP contribution in [0.2, 0.25) is 0 Å². The molecule has 1 fully saturated rings. The minimum absolute atomic E-state index is 0.0206. The Morgan fingerprint density at radius 3 is 2.72 bits per heavy atom. The summed E-state index contributed by atoms with van der Waals surface area (Å²) >= 11 is 1.79. The summed E-state index contributed by atoms with van der Waals surface area (Å²) < 4.78 is 0. The molecule has 4 nitrogen and oxygen atoms in total. The largest absolute Gasteiger partial charge is 0.342 e. The monoisotopic (exact) mass is 272 g/mol. The van der Waals surface area contributed by atoms with Crippen LogP contribution in [0.1, 0.15) is 33.6 Å². The van der Waals surface area contributed by atoms with Crippen molar-refractivity contribution in [1.82, 2.24) is 10.2 Å². The topological polar surface area (TPSA) is 49.4 Å². The van der Waals surface area contributed by atoms with Crippen LogP contribution >= 0.6 is 11.8 Å². The fourth-order valence-corrected chi connectivity index (χ4v) is 2.91. The van der Waals surface area contributed by atoms with Gasteiger partial charge < -0.3 is 10.2 Å². The molecule has 1 N–H and O–H groups in total. The fraction of sp³-hybridized carbons (Fsp3) is 0.846. The van der Waals surface area contributed by atoms with Gasteiger partial charge in [-0.1, -0.05) is 13.8 Å². The lowest BCUT2D eigenvalue weighted by atomic mass is 9.97. The maximum absolute atomic E-state index is 12.5. The Kier molecular flexibility index (Phi) is 5.50. The van der Waals surface area contributed by atoms with Gasteiger partial charge in [0.15, 0.2) is 0 Å². The number of nitrogens with one attached hydrogen (secondary N) is 1. The summed E-state index contributed by atoms with van der Waals surface area (Å²) in [5.41, 5.74) is -0.730. The molecule has 0 radical (unpaired) electrons. The average molecular weight is 272 g/mol. The van der Waals surface area contributed by atoms with E-state index in [1.54, 1.807) is 11.8 Å². The van der Waals surface area contributed by atoms with Crippen molar-refractivity contribution in [2.45, 2.75) is 39.2 Å². The standard InChI is InChI=1S/C13H24N2O2S/c1-5-13(3)12(17)15(7-6-11(16)14-13)8-10(2)9-18-4/h10H,5-9H2,1-4H3,(H,14,16). The summed E-state index contributed by atoms with van der Waals surface area (Å²) in [7, 11) is 0. The Morgan fingerprint density at radius 2 is 2.17 bits per heavy atom. The van der Waals surface area contributed by atoms with Crippen LogP contribution in [0, 0.1) is 5.92 Å². The van der Waals surface area contributed by atoms with E-state index in [1.807, 2.05) is 18.7 Å². The molecule has 1 saturated heterocycles. The zero-order chi connectivity index (χ0) is 13.8. The summed E-state index contributed by atoms with van der Waals surface area (Å²) in [6, 6.07) is 0. The summed E-state index contributed by atoms with van der Waals surface area (Å²) in [5, 5.41) is 2.85. The number of hydrogen-bond donors (Lipinski definition) is 1. The van der Waals surface area contributed by atoms with Crippen LogP contribution in [0.3, 0.4) is 0 Å². The van der Waals surface area contributed by atoms with Crippen LogP contribution in [-0.4, -0.2) is 47.4 Å². The molecule has 104 valence electrons. The van der Waals surface area contributed by atoms with Gasteiger partial charge in [0, 0.05) is 19.5 Å². The van der Waals surface area contributed by atoms with Crippen molar-refractivity contribution < 1.29 is 9.59 Å². The first kappa shape index (κ1) is 15.3. The lowest BCUT2D eigenvalue weighted by Crippen LogP contribution is -2.55. The van der Waals surface area contributed by atoms with Crippen molar-refractivity contribution >= 4 is 23.6 Å². The van der Waals surface area contributed by atoms with Gasteiger partial charge in [0.25, 0.3) is 0 Å². The lowest BCUT2D eigenvalue weighted by molar-refractivity contribution is -0.138. The number of nitrogens with zero attached hydrogens (tertiary/aromatic N) is 1. The zero-order valence-electron chi connectivity index (χ0n) is 11.8. The zero-order valence-corrected chi connectivity index (χ0v) is 12.6. The predicted molar refractivity (Wildman–Crippen MR) is 75.6 cm³/mol. The second-order valence-corrected chi connectivity index (χ2v) is 6.21. The third-order valence-corrected chi connectivity index (χ3v) is 4.38. The summed E-state index contributed by atoms with van der Waals surface area (Å²) in [5.74, 6) is 1.53. The smallest absolute Gasteiger partial charge is 0.248 e. The van der Waals surface area contributed by atoms with E-state index in [-0.39, 0.29) is 11.8 Å². The minimum Gasteiger partial charge on any atom is -0.342 e. The highest BCUT2D eigenvalue weighted by molar-refractivity contribution is 7.98. The van der Waals surface area contributed by atoms with Gasteiger partial charge in [0.2, 0.25) is 11.8 Å². The number of carbonyl (C=O) groups is 2. The van der Waals surface area contributed by atoms with Crippen molar-refractivity contribution in [2.75, 3.05) is 25.1 Å². The summed E-state index contributed by atoms with van der Waals surface area (Å²) in [6.45, 7) is 7.19. The molecule has 1 aliphatic rings. The van der Waals surface area contributed by atoms with Crippen molar-refractivity contribution in [3.05, 3.63) is 0 Å². The molecule has 2 amide bonds. The predicted octanol–water partition coefficient (Wildman–Crippen LogP) is 1.50. The maximum atomic E-state index is 12.5. The molecule has 18 heavy (non-hydrogen) atoms. The molecule has 2 unspecified atom stereocenters. The average Bonchev–Trinajstić information content (AvgIpc) is 2.42. The van der Waals surface area contributed by atoms with E-state index in [4.69, 9.17) is 0 Å². The van der Waals surface area contributed by atoms with Crippen LogP contribution in [0.4, 0.5) is 0 Å². The van der Waals surface area contributed by atoms with E-state index in [0.29, 0.717) is 25.3 Å². The number of rotatable bonds is 5. The molecule has 2 atom stereocenters. The molecule has 1 rings (SSSR count). The van der Waals surface area contributed by atoms with Crippen LogP contribution in [0.25, 0.3) is 0 Å². The Hall–Kier alpha value is -0.710. The molecule has 0 aromatic carbocycles. The van der Waals surface area contributed by atoms with E-state index in [2.05, 4.69) is 18.5 Å². The normalized spacial score (nSPS) is 26.8. The molecule has 0 saturated carbocycles. The van der Waals surface area contributed by atoms with Crippen molar-refractivity contribution in [2.24, 2.45) is 5.92 Å². The van der Waals surface area contributed by atoms with Crippen LogP contribution in [-0.2, 0) is 9.59 Å². The Balaban J connectivity index is 2.78. The quantitative estimate of drug-likeness (QED) is 0.825. The Labute approximate surface area is 114 Å². The van der Waals surface area contributed by atoms with Crippen LogP contribution in [0.5, 0.6) is 0 Å². The highest BCUT2D eigenvalue weighted by Crippen LogP contribution is 2.19. The van der Waals surface area contributed by atoms with E-state index in [0.717, 1.165) is 12.3 Å². The molecule has 0 bridgehead atoms. The number of amides is 2. The van der Waals surface area contributed by atoms with E-state index in [1.165, 1.54) is 0 Å². The first-order valence-electron chi connectivity index (χ1n) is 6.52. The summed E-state index contributed by atoms with van der Waals surface area (Å²) in [4.78, 5) is 26.0. The second-order valence-electron chi connectivity index (χ2n) is 5.30. The highest BCUT2D eigenvalue weighted by Gasteiger charge is 2.39. The SMILES string of the molecule is CCC1(C)NC(=O)CCN(CC(C)CSC)C1=O. The third-order valence-electron chi connectivity index (χ3n) is 3.47. The number of thioether (sulfide) groups is 1. The first-order chi connectivity index (χ1) is 8.42. The molecule has 0 aromatic heterocycles. The highest BCUT2D eigenvalue weighted by atomic mass is 32.2. The maximum Gasteiger partial charge on any atom is 0.248 e. The van der Waals surface area contributed by atoms with Crippen molar-refractivity contribution in [3.8, 4) is 0 Å². The summed E-state index contributed by atoms with van der Waals surface area (Å²) in [6.07, 6.45) is 3.11. The van der Waals surface area contributed by atoms with Gasteiger partial charge in [-0.3, -0.25) is 9.59 Å². The lowest BCUT2D eigenvalue weighted by Gasteiger charge is -2.32. The molecular formula is C13H24N2O2S.